The molecule has 2 heterocycles. The average molecular weight is 643 g/mol. The zero-order valence-corrected chi connectivity index (χ0v) is 25.3. The summed E-state index contributed by atoms with van der Waals surface area (Å²) in [4.78, 5) is 1.16. The predicted octanol–water partition coefficient (Wildman–Crippen LogP) is 13.4. The van der Waals surface area contributed by atoms with Gasteiger partial charge in [0.1, 0.15) is 22.3 Å². The summed E-state index contributed by atoms with van der Waals surface area (Å²) in [5.74, 6) is 0. The standard InChI is InChI=1S/C46H29NO2/c1-2-10-30(11-3-1)31-20-25-34(26-21-31)47(41-17-9-19-43-44(41)40-29-24-32-12-4-5-13-36(32)46(40)49-43)35-27-22-33(23-28-35)37-15-8-16-39-38-14-6-7-18-42(38)48-45(37)39/h1-29H/i6D,7D,8D,14D,15D,16D,18D,20D,21D,22D,23D,25D,26D,27D,28D. The fraction of sp³-hybridized carbons (Fsp3) is 0. The maximum absolute atomic E-state index is 9.67. The molecule has 0 fully saturated rings. The molecular formula is C46H29NO2. The van der Waals surface area contributed by atoms with Crippen LogP contribution in [-0.2, 0) is 0 Å². The monoisotopic (exact) mass is 642 g/mol. The van der Waals surface area contributed by atoms with Gasteiger partial charge in [-0.3, -0.25) is 0 Å². The van der Waals surface area contributed by atoms with E-state index in [1.54, 1.807) is 48.5 Å². The highest BCUT2D eigenvalue weighted by atomic mass is 16.3. The molecule has 0 radical (unpaired) electrons. The third-order valence-corrected chi connectivity index (χ3v) is 8.53. The molecule has 0 saturated heterocycles. The van der Waals surface area contributed by atoms with Gasteiger partial charge in [0.2, 0.25) is 0 Å². The summed E-state index contributed by atoms with van der Waals surface area (Å²) in [5, 5.41) is 2.07. The van der Waals surface area contributed by atoms with Crippen molar-refractivity contribution in [2.24, 2.45) is 0 Å². The highest BCUT2D eigenvalue weighted by Crippen LogP contribution is 2.45. The van der Waals surface area contributed by atoms with E-state index in [9.17, 15) is 11.0 Å². The van der Waals surface area contributed by atoms with Gasteiger partial charge in [-0.05, 0) is 70.5 Å². The fourth-order valence-corrected chi connectivity index (χ4v) is 6.29. The number of rotatable bonds is 5. The molecule has 230 valence electrons. The Kier molecular flexibility index (Phi) is 3.70. The molecule has 10 aromatic rings. The normalized spacial score (nSPS) is 16.0. The SMILES string of the molecule is [2H]c1c([2H])c(N(c2c([2H])c([2H])c(-c3c([2H])c([2H])c([2H])c4c3oc3c([2H])c([2H])c([2H])c([2H])c34)c([2H])c2[2H])c2cccc3oc4c5ccccc5ccc4c23)c([2H])c([2H])c1-c1ccccc1. The Hall–Kier alpha value is -6.58. The molecule has 0 aliphatic rings. The molecule has 0 N–H and O–H groups in total. The number of fused-ring (bicyclic) bond motifs is 8. The van der Waals surface area contributed by atoms with E-state index in [2.05, 4.69) is 0 Å². The summed E-state index contributed by atoms with van der Waals surface area (Å²) in [6.45, 7) is 0. The van der Waals surface area contributed by atoms with E-state index in [0.29, 0.717) is 27.5 Å². The minimum absolute atomic E-state index is 0.00347. The second-order valence-corrected chi connectivity index (χ2v) is 11.3. The van der Waals surface area contributed by atoms with Gasteiger partial charge in [0.05, 0.1) is 31.6 Å². The van der Waals surface area contributed by atoms with Gasteiger partial charge in [0.25, 0.3) is 0 Å². The summed E-state index contributed by atoms with van der Waals surface area (Å²) >= 11 is 0. The lowest BCUT2D eigenvalue weighted by atomic mass is 10.0. The molecule has 3 nitrogen and oxygen atoms in total. The van der Waals surface area contributed by atoms with Gasteiger partial charge in [0.15, 0.2) is 0 Å². The van der Waals surface area contributed by atoms with Gasteiger partial charge in [-0.1, -0.05) is 127 Å². The molecule has 10 rings (SSSR count). The van der Waals surface area contributed by atoms with E-state index in [1.165, 1.54) is 0 Å². The Morgan fingerprint density at radius 3 is 1.98 bits per heavy atom. The Balaban J connectivity index is 1.33. The van der Waals surface area contributed by atoms with E-state index in [1.807, 2.05) is 36.4 Å². The number of furan rings is 2. The van der Waals surface area contributed by atoms with Crippen LogP contribution in [0.15, 0.2) is 184 Å². The molecule has 2 aromatic heterocycles. The molecule has 0 amide bonds. The van der Waals surface area contributed by atoms with E-state index >= 15 is 0 Å². The Labute approximate surface area is 303 Å². The van der Waals surface area contributed by atoms with Crippen LogP contribution in [0.1, 0.15) is 20.6 Å². The van der Waals surface area contributed by atoms with Crippen LogP contribution < -0.4 is 4.90 Å². The summed E-state index contributed by atoms with van der Waals surface area (Å²) in [6, 6.07) is 15.0. The van der Waals surface area contributed by atoms with Crippen LogP contribution in [0.2, 0.25) is 0 Å². The third-order valence-electron chi connectivity index (χ3n) is 8.53. The summed E-state index contributed by atoms with van der Waals surface area (Å²) in [5.41, 5.74) is -1.38. The van der Waals surface area contributed by atoms with Crippen LogP contribution in [0.5, 0.6) is 0 Å². The van der Waals surface area contributed by atoms with E-state index < -0.39 is 124 Å². The fourth-order valence-electron chi connectivity index (χ4n) is 6.29. The number of anilines is 3. The lowest BCUT2D eigenvalue weighted by Crippen LogP contribution is -2.10. The van der Waals surface area contributed by atoms with Crippen LogP contribution in [0.4, 0.5) is 17.1 Å². The number of nitrogens with zero attached hydrogens (tertiary/aromatic N) is 1. The molecule has 3 heteroatoms. The smallest absolute Gasteiger partial charge is 0.143 e. The van der Waals surface area contributed by atoms with Crippen molar-refractivity contribution in [2.75, 3.05) is 4.90 Å². The van der Waals surface area contributed by atoms with Crippen LogP contribution in [0, 0.1) is 0 Å². The van der Waals surface area contributed by atoms with Gasteiger partial charge < -0.3 is 13.7 Å². The van der Waals surface area contributed by atoms with Crippen LogP contribution >= 0.6 is 0 Å². The Morgan fingerprint density at radius 1 is 0.429 bits per heavy atom. The van der Waals surface area contributed by atoms with Gasteiger partial charge >= 0.3 is 0 Å². The third kappa shape index (κ3) is 4.44. The second kappa shape index (κ2) is 11.0. The van der Waals surface area contributed by atoms with Crippen molar-refractivity contribution in [3.8, 4) is 22.3 Å². The van der Waals surface area contributed by atoms with Gasteiger partial charge in [-0.2, -0.15) is 0 Å². The average Bonchev–Trinajstić information content (AvgIpc) is 3.89. The Bertz CT molecular complexity index is 3640. The van der Waals surface area contributed by atoms with Crippen molar-refractivity contribution < 1.29 is 29.4 Å². The maximum Gasteiger partial charge on any atom is 0.143 e. The lowest BCUT2D eigenvalue weighted by molar-refractivity contribution is 0.670. The first-order valence-electron chi connectivity index (χ1n) is 22.9. The number of para-hydroxylation sites is 2. The van der Waals surface area contributed by atoms with Gasteiger partial charge in [0, 0.05) is 38.5 Å². The molecular weight excluding hydrogens is 599 g/mol. The molecule has 0 bridgehead atoms. The molecule has 0 atom stereocenters. The minimum atomic E-state index is -0.778. The van der Waals surface area contributed by atoms with Crippen LogP contribution in [0.3, 0.4) is 0 Å². The molecule has 0 spiro atoms. The Morgan fingerprint density at radius 2 is 1.14 bits per heavy atom. The van der Waals surface area contributed by atoms with Crippen molar-refractivity contribution in [2.45, 2.75) is 0 Å². The predicted molar refractivity (Wildman–Crippen MR) is 204 cm³/mol. The first-order chi connectivity index (χ1) is 30.6. The highest BCUT2D eigenvalue weighted by molar-refractivity contribution is 6.19. The first kappa shape index (κ1) is 16.5. The summed E-state index contributed by atoms with van der Waals surface area (Å²) < 4.78 is 149. The van der Waals surface area contributed by atoms with E-state index in [4.69, 9.17) is 18.4 Å². The van der Waals surface area contributed by atoms with Crippen molar-refractivity contribution in [3.63, 3.8) is 0 Å². The molecule has 0 aliphatic carbocycles. The molecule has 0 unspecified atom stereocenters. The van der Waals surface area contributed by atoms with E-state index in [-0.39, 0.29) is 22.0 Å². The summed E-state index contributed by atoms with van der Waals surface area (Å²) in [7, 11) is 0. The number of hydrogen-bond acceptors (Lipinski definition) is 3. The van der Waals surface area contributed by atoms with Crippen molar-refractivity contribution in [1.82, 2.24) is 0 Å². The molecule has 49 heavy (non-hydrogen) atoms. The molecule has 8 aromatic carbocycles. The maximum atomic E-state index is 9.67. The quantitative estimate of drug-likeness (QED) is 0.187. The topological polar surface area (TPSA) is 29.5 Å². The van der Waals surface area contributed by atoms with Crippen molar-refractivity contribution in [3.05, 3.63) is 176 Å². The number of hydrogen-bond donors (Lipinski definition) is 0. The zero-order chi connectivity index (χ0) is 45.4. The van der Waals surface area contributed by atoms with Gasteiger partial charge in [-0.25, -0.2) is 0 Å². The van der Waals surface area contributed by atoms with Gasteiger partial charge in [-0.15, -0.1) is 0 Å². The van der Waals surface area contributed by atoms with Crippen molar-refractivity contribution in [1.29, 1.82) is 0 Å². The summed E-state index contributed by atoms with van der Waals surface area (Å²) in [6.07, 6.45) is 0. The van der Waals surface area contributed by atoms with Crippen molar-refractivity contribution >= 4 is 71.7 Å². The largest absolute Gasteiger partial charge is 0.455 e. The van der Waals surface area contributed by atoms with Crippen LogP contribution in [0.25, 0.3) is 76.9 Å². The number of benzene rings is 8. The molecule has 0 saturated carbocycles. The zero-order valence-electron chi connectivity index (χ0n) is 40.3. The second-order valence-electron chi connectivity index (χ2n) is 11.3. The van der Waals surface area contributed by atoms with Crippen LogP contribution in [-0.4, -0.2) is 0 Å². The van der Waals surface area contributed by atoms with E-state index in [0.717, 1.165) is 15.7 Å². The first-order valence-corrected chi connectivity index (χ1v) is 15.4. The minimum Gasteiger partial charge on any atom is -0.455 e. The highest BCUT2D eigenvalue weighted by Gasteiger charge is 2.21. The molecule has 0 aliphatic heterocycles. The lowest BCUT2D eigenvalue weighted by Gasteiger charge is -2.26.